The Balaban J connectivity index is 2.48. The van der Waals surface area contributed by atoms with Crippen LogP contribution in [0.3, 0.4) is 0 Å². The molecule has 0 aliphatic carbocycles. The standard InChI is InChI=1S/C8H13N2O5PS/c1-17-7-2-3-10(8(11)9-7)4-5-15-6-16(12,13)14/h2-3H,4-6H2,1H3,(H2,12,13,14). The maximum absolute atomic E-state index is 11.4. The molecule has 0 saturated carbocycles. The van der Waals surface area contributed by atoms with Crippen molar-refractivity contribution in [3.63, 3.8) is 0 Å². The van der Waals surface area contributed by atoms with Crippen LogP contribution in [-0.4, -0.2) is 38.5 Å². The average molecular weight is 280 g/mol. The molecule has 0 amide bonds. The van der Waals surface area contributed by atoms with Gasteiger partial charge in [0, 0.05) is 6.20 Å². The molecule has 0 aromatic carbocycles. The summed E-state index contributed by atoms with van der Waals surface area (Å²) in [6.45, 7) is 0.256. The number of hydrogen-bond donors (Lipinski definition) is 2. The molecule has 96 valence electrons. The quantitative estimate of drug-likeness (QED) is 0.330. The second-order valence-corrected chi connectivity index (χ2v) is 5.56. The van der Waals surface area contributed by atoms with Crippen molar-refractivity contribution in [1.29, 1.82) is 0 Å². The highest BCUT2D eigenvalue weighted by atomic mass is 32.2. The van der Waals surface area contributed by atoms with Gasteiger partial charge in [-0.1, -0.05) is 0 Å². The van der Waals surface area contributed by atoms with E-state index in [1.807, 2.05) is 6.26 Å². The number of thioether (sulfide) groups is 1. The summed E-state index contributed by atoms with van der Waals surface area (Å²) >= 11 is 1.36. The molecular formula is C8H13N2O5PS. The molecule has 1 aromatic heterocycles. The molecule has 2 N–H and O–H groups in total. The predicted molar refractivity (Wildman–Crippen MR) is 63.1 cm³/mol. The van der Waals surface area contributed by atoms with Crippen LogP contribution >= 0.6 is 19.4 Å². The van der Waals surface area contributed by atoms with Gasteiger partial charge in [0.2, 0.25) is 0 Å². The highest BCUT2D eigenvalue weighted by molar-refractivity contribution is 7.98. The number of aromatic nitrogens is 2. The molecule has 1 rings (SSSR count). The number of rotatable bonds is 6. The van der Waals surface area contributed by atoms with Gasteiger partial charge in [-0.15, -0.1) is 11.8 Å². The Morgan fingerprint density at radius 1 is 1.59 bits per heavy atom. The van der Waals surface area contributed by atoms with Crippen LogP contribution in [0.25, 0.3) is 0 Å². The van der Waals surface area contributed by atoms with Crippen LogP contribution in [0, 0.1) is 0 Å². The Kier molecular flexibility index (Phi) is 5.35. The van der Waals surface area contributed by atoms with Gasteiger partial charge in [0.25, 0.3) is 0 Å². The molecule has 1 heterocycles. The summed E-state index contributed by atoms with van der Waals surface area (Å²) in [5.74, 6) is 0. The fraction of sp³-hybridized carbons (Fsp3) is 0.500. The molecule has 0 radical (unpaired) electrons. The molecule has 0 atom stereocenters. The molecule has 0 unspecified atom stereocenters. The van der Waals surface area contributed by atoms with Gasteiger partial charge in [-0.2, -0.15) is 4.98 Å². The van der Waals surface area contributed by atoms with Gasteiger partial charge < -0.3 is 14.5 Å². The van der Waals surface area contributed by atoms with E-state index < -0.39 is 19.6 Å². The first-order chi connectivity index (χ1) is 7.92. The van der Waals surface area contributed by atoms with Crippen LogP contribution in [0.4, 0.5) is 0 Å². The van der Waals surface area contributed by atoms with Gasteiger partial charge >= 0.3 is 13.3 Å². The number of hydrogen-bond acceptors (Lipinski definition) is 5. The molecule has 0 saturated heterocycles. The molecule has 0 spiro atoms. The van der Waals surface area contributed by atoms with E-state index in [1.54, 1.807) is 12.3 Å². The van der Waals surface area contributed by atoms with Crippen molar-refractivity contribution in [2.45, 2.75) is 11.6 Å². The van der Waals surface area contributed by atoms with Crippen molar-refractivity contribution >= 4 is 19.4 Å². The molecule has 0 fully saturated rings. The third-order valence-corrected chi connectivity index (χ3v) is 2.96. The van der Waals surface area contributed by atoms with Crippen molar-refractivity contribution in [2.24, 2.45) is 0 Å². The fourth-order valence-corrected chi connectivity index (χ4v) is 1.78. The van der Waals surface area contributed by atoms with E-state index in [2.05, 4.69) is 4.98 Å². The first kappa shape index (κ1) is 14.4. The Morgan fingerprint density at radius 3 is 2.82 bits per heavy atom. The molecule has 0 aliphatic heterocycles. The van der Waals surface area contributed by atoms with E-state index in [9.17, 15) is 9.36 Å². The fourth-order valence-electron chi connectivity index (χ4n) is 1.04. The summed E-state index contributed by atoms with van der Waals surface area (Å²) in [6.07, 6.45) is 2.75. The lowest BCUT2D eigenvalue weighted by Gasteiger charge is -2.07. The lowest BCUT2D eigenvalue weighted by atomic mass is 10.6. The maximum atomic E-state index is 11.4. The highest BCUT2D eigenvalue weighted by Crippen LogP contribution is 2.33. The van der Waals surface area contributed by atoms with E-state index in [1.165, 1.54) is 16.3 Å². The third kappa shape index (κ3) is 5.47. The molecule has 17 heavy (non-hydrogen) atoms. The number of nitrogens with zero attached hydrogens (tertiary/aromatic N) is 2. The van der Waals surface area contributed by atoms with E-state index in [0.717, 1.165) is 0 Å². The molecule has 1 aromatic rings. The van der Waals surface area contributed by atoms with Gasteiger partial charge in [-0.05, 0) is 12.3 Å². The summed E-state index contributed by atoms with van der Waals surface area (Å²) in [5, 5.41) is 0.627. The topological polar surface area (TPSA) is 102 Å². The van der Waals surface area contributed by atoms with Gasteiger partial charge in [0.1, 0.15) is 11.4 Å². The second-order valence-electron chi connectivity index (χ2n) is 3.15. The van der Waals surface area contributed by atoms with E-state index in [-0.39, 0.29) is 13.2 Å². The first-order valence-electron chi connectivity index (χ1n) is 4.66. The minimum atomic E-state index is -4.14. The summed E-state index contributed by atoms with van der Waals surface area (Å²) in [7, 11) is -4.14. The Morgan fingerprint density at radius 2 is 2.29 bits per heavy atom. The smallest absolute Gasteiger partial charge is 0.350 e. The Labute approximate surface area is 102 Å². The van der Waals surface area contributed by atoms with Crippen LogP contribution in [-0.2, 0) is 15.8 Å². The summed E-state index contributed by atoms with van der Waals surface area (Å²) in [5.41, 5.74) is -0.406. The largest absolute Gasteiger partial charge is 0.367 e. The lowest BCUT2D eigenvalue weighted by molar-refractivity contribution is 0.147. The normalized spacial score (nSPS) is 11.7. The molecule has 9 heteroatoms. The summed E-state index contributed by atoms with van der Waals surface area (Å²) in [6, 6.07) is 1.69. The number of ether oxygens (including phenoxy) is 1. The first-order valence-corrected chi connectivity index (χ1v) is 7.68. The predicted octanol–water partition coefficient (Wildman–Crippen LogP) is 0.117. The average Bonchev–Trinajstić information content (AvgIpc) is 2.24. The zero-order valence-electron chi connectivity index (χ0n) is 9.15. The van der Waals surface area contributed by atoms with Crippen LogP contribution in [0.5, 0.6) is 0 Å². The van der Waals surface area contributed by atoms with Gasteiger partial charge in [0.05, 0.1) is 13.2 Å². The highest BCUT2D eigenvalue weighted by Gasteiger charge is 2.12. The van der Waals surface area contributed by atoms with Crippen molar-refractivity contribution in [1.82, 2.24) is 9.55 Å². The minimum Gasteiger partial charge on any atom is -0.367 e. The van der Waals surface area contributed by atoms with Crippen LogP contribution < -0.4 is 5.69 Å². The van der Waals surface area contributed by atoms with Gasteiger partial charge in [-0.3, -0.25) is 9.13 Å². The van der Waals surface area contributed by atoms with Crippen molar-refractivity contribution in [2.75, 3.05) is 19.2 Å². The van der Waals surface area contributed by atoms with Gasteiger partial charge in [0.15, 0.2) is 0 Å². The van der Waals surface area contributed by atoms with Crippen LogP contribution in [0.2, 0.25) is 0 Å². The second kappa shape index (κ2) is 6.32. The minimum absolute atomic E-state index is 0.0469. The van der Waals surface area contributed by atoms with Crippen molar-refractivity contribution in [3.8, 4) is 0 Å². The van der Waals surface area contributed by atoms with E-state index in [4.69, 9.17) is 14.5 Å². The van der Waals surface area contributed by atoms with Crippen LogP contribution in [0.1, 0.15) is 0 Å². The summed E-state index contributed by atoms with van der Waals surface area (Å²) in [4.78, 5) is 32.3. The van der Waals surface area contributed by atoms with Crippen LogP contribution in [0.15, 0.2) is 22.1 Å². The van der Waals surface area contributed by atoms with E-state index in [0.29, 0.717) is 5.03 Å². The summed E-state index contributed by atoms with van der Waals surface area (Å²) < 4.78 is 16.6. The zero-order valence-corrected chi connectivity index (χ0v) is 10.9. The SMILES string of the molecule is CSc1ccn(CCOCP(=O)(O)O)c(=O)n1. The Hall–Kier alpha value is -0.660. The Bertz CT molecular complexity index is 471. The molecule has 0 aliphatic rings. The van der Waals surface area contributed by atoms with Gasteiger partial charge in [-0.25, -0.2) is 4.79 Å². The lowest BCUT2D eigenvalue weighted by Crippen LogP contribution is -2.24. The molecule has 0 bridgehead atoms. The molecular weight excluding hydrogens is 267 g/mol. The monoisotopic (exact) mass is 280 g/mol. The van der Waals surface area contributed by atoms with E-state index >= 15 is 0 Å². The third-order valence-electron chi connectivity index (χ3n) is 1.79. The maximum Gasteiger partial charge on any atom is 0.350 e. The zero-order chi connectivity index (χ0) is 12.9. The van der Waals surface area contributed by atoms with Crippen molar-refractivity contribution in [3.05, 3.63) is 22.7 Å². The van der Waals surface area contributed by atoms with Crippen molar-refractivity contribution < 1.29 is 19.1 Å². The molecule has 7 nitrogen and oxygen atoms in total.